The second-order valence-corrected chi connectivity index (χ2v) is 11.7. The maximum Gasteiger partial charge on any atom is 0.417 e. The van der Waals surface area contributed by atoms with Crippen molar-refractivity contribution in [1.29, 1.82) is 0 Å². The highest BCUT2D eigenvalue weighted by Crippen LogP contribution is 2.39. The maximum absolute atomic E-state index is 13.8. The van der Waals surface area contributed by atoms with Gasteiger partial charge in [-0.1, -0.05) is 30.8 Å². The van der Waals surface area contributed by atoms with Gasteiger partial charge in [0.15, 0.2) is 0 Å². The van der Waals surface area contributed by atoms with Crippen molar-refractivity contribution < 1.29 is 39.5 Å². The number of nitrogens with zero attached hydrogens (tertiary/aromatic N) is 6. The van der Waals surface area contributed by atoms with Crippen LogP contribution in [0.1, 0.15) is 78.0 Å². The first-order valence-electron chi connectivity index (χ1n) is 14.7. The fourth-order valence-corrected chi connectivity index (χ4v) is 6.02. The molecule has 0 bridgehead atoms. The number of hydrogen-bond donors (Lipinski definition) is 2. The van der Waals surface area contributed by atoms with Crippen molar-refractivity contribution >= 4 is 5.95 Å². The standard InChI is InChI=1S/C29H35F9N8/c1-45-43-26(42-44-45)46(15-19-9-22(27(30,31)32)12-23(10-19)28(33,34)35)16-21-11-24(29(36,37)38)14-41-25(21)20(13-40)8-18-4-2-17(3-5-18)6-7-39/h9-12,14,17-18,20H,2-8,13,15-16,39-40H2,1H3. The normalized spacial score (nSPS) is 18.5. The third kappa shape index (κ3) is 9.08. The minimum Gasteiger partial charge on any atom is -0.330 e. The van der Waals surface area contributed by atoms with Crippen molar-refractivity contribution in [2.75, 3.05) is 18.0 Å². The summed E-state index contributed by atoms with van der Waals surface area (Å²) in [7, 11) is 1.38. The number of pyridine rings is 1. The molecule has 4 rings (SSSR count). The molecule has 1 fully saturated rings. The average Bonchev–Trinajstić information content (AvgIpc) is 3.41. The zero-order chi connectivity index (χ0) is 33.9. The van der Waals surface area contributed by atoms with Crippen LogP contribution in [0.4, 0.5) is 45.5 Å². The van der Waals surface area contributed by atoms with Gasteiger partial charge in [0.2, 0.25) is 0 Å². The van der Waals surface area contributed by atoms with Gasteiger partial charge in [-0.05, 0) is 71.8 Å². The van der Waals surface area contributed by atoms with Gasteiger partial charge in [0.05, 0.1) is 23.7 Å². The molecule has 3 aromatic rings. The molecule has 1 aliphatic rings. The van der Waals surface area contributed by atoms with Crippen molar-refractivity contribution in [3.8, 4) is 0 Å². The van der Waals surface area contributed by atoms with E-state index in [1.165, 1.54) is 7.05 Å². The highest BCUT2D eigenvalue weighted by atomic mass is 19.4. The second kappa shape index (κ2) is 14.1. The number of benzene rings is 1. The minimum absolute atomic E-state index is 0.00140. The van der Waals surface area contributed by atoms with E-state index in [4.69, 9.17) is 11.5 Å². The number of rotatable bonds is 11. The van der Waals surface area contributed by atoms with Crippen molar-refractivity contribution in [2.45, 2.75) is 76.1 Å². The van der Waals surface area contributed by atoms with Crippen LogP contribution < -0.4 is 16.4 Å². The molecule has 254 valence electrons. The molecule has 1 saturated carbocycles. The number of alkyl halides is 9. The summed E-state index contributed by atoms with van der Waals surface area (Å²) in [5.74, 6) is 0.0667. The smallest absolute Gasteiger partial charge is 0.330 e. The first-order valence-corrected chi connectivity index (χ1v) is 14.7. The van der Waals surface area contributed by atoms with Crippen LogP contribution in [0.3, 0.4) is 0 Å². The molecule has 0 spiro atoms. The van der Waals surface area contributed by atoms with Crippen LogP contribution >= 0.6 is 0 Å². The highest BCUT2D eigenvalue weighted by Gasteiger charge is 2.38. The lowest BCUT2D eigenvalue weighted by Crippen LogP contribution is -2.28. The molecule has 4 N–H and O–H groups in total. The Morgan fingerprint density at radius 2 is 1.41 bits per heavy atom. The SMILES string of the molecule is Cn1nnc(N(Cc2cc(C(F)(F)F)cc(C(F)(F)F)c2)Cc2cc(C(F)(F)F)cnc2C(CN)CC2CCC(CCN)CC2)n1. The zero-order valence-corrected chi connectivity index (χ0v) is 24.9. The van der Waals surface area contributed by atoms with Gasteiger partial charge in [-0.15, -0.1) is 5.10 Å². The van der Waals surface area contributed by atoms with Gasteiger partial charge in [-0.25, -0.2) is 0 Å². The highest BCUT2D eigenvalue weighted by molar-refractivity contribution is 5.40. The molecule has 1 aromatic carbocycles. The first kappa shape index (κ1) is 35.4. The molecule has 0 saturated heterocycles. The molecule has 8 nitrogen and oxygen atoms in total. The molecule has 46 heavy (non-hydrogen) atoms. The van der Waals surface area contributed by atoms with E-state index in [2.05, 4.69) is 20.4 Å². The summed E-state index contributed by atoms with van der Waals surface area (Å²) >= 11 is 0. The van der Waals surface area contributed by atoms with Gasteiger partial charge in [0.1, 0.15) is 0 Å². The topological polar surface area (TPSA) is 112 Å². The van der Waals surface area contributed by atoms with Gasteiger partial charge in [0.25, 0.3) is 5.95 Å². The summed E-state index contributed by atoms with van der Waals surface area (Å²) in [5.41, 5.74) is 7.57. The lowest BCUT2D eigenvalue weighted by molar-refractivity contribution is -0.143. The lowest BCUT2D eigenvalue weighted by atomic mass is 9.76. The second-order valence-electron chi connectivity index (χ2n) is 11.7. The fraction of sp³-hybridized carbons (Fsp3) is 0.586. The number of aromatic nitrogens is 5. The van der Waals surface area contributed by atoms with Crippen LogP contribution in [0.5, 0.6) is 0 Å². The van der Waals surface area contributed by atoms with E-state index < -0.39 is 59.8 Å². The Balaban J connectivity index is 1.73. The van der Waals surface area contributed by atoms with Crippen molar-refractivity contribution in [3.63, 3.8) is 0 Å². The molecule has 1 unspecified atom stereocenters. The molecule has 1 aliphatic carbocycles. The van der Waals surface area contributed by atoms with Crippen LogP contribution in [0, 0.1) is 11.8 Å². The first-order chi connectivity index (χ1) is 21.5. The number of halogens is 9. The summed E-state index contributed by atoms with van der Waals surface area (Å²) < 4.78 is 123. The number of aryl methyl sites for hydroxylation is 1. The largest absolute Gasteiger partial charge is 0.417 e. The van der Waals surface area contributed by atoms with Gasteiger partial charge < -0.3 is 16.4 Å². The van der Waals surface area contributed by atoms with Crippen LogP contribution in [-0.2, 0) is 38.7 Å². The molecular weight excluding hydrogens is 631 g/mol. The number of anilines is 1. The number of hydrogen-bond acceptors (Lipinski definition) is 7. The summed E-state index contributed by atoms with van der Waals surface area (Å²) in [6.07, 6.45) is -9.09. The third-order valence-corrected chi connectivity index (χ3v) is 8.32. The van der Waals surface area contributed by atoms with E-state index in [1.54, 1.807) is 0 Å². The Kier molecular flexibility index (Phi) is 10.9. The van der Waals surface area contributed by atoms with Crippen LogP contribution in [0.15, 0.2) is 30.5 Å². The summed E-state index contributed by atoms with van der Waals surface area (Å²) in [5, 5.41) is 11.6. The van der Waals surface area contributed by atoms with Crippen LogP contribution in [0.25, 0.3) is 0 Å². The Hall–Kier alpha value is -3.47. The zero-order valence-electron chi connectivity index (χ0n) is 24.9. The Morgan fingerprint density at radius 3 is 1.91 bits per heavy atom. The number of nitrogens with two attached hydrogens (primary N) is 2. The maximum atomic E-state index is 13.8. The van der Waals surface area contributed by atoms with E-state index >= 15 is 0 Å². The molecular formula is C29H35F9N8. The Labute approximate surface area is 259 Å². The van der Waals surface area contributed by atoms with E-state index in [1.807, 2.05) is 0 Å². The van der Waals surface area contributed by atoms with Gasteiger partial charge >= 0.3 is 18.5 Å². The fourth-order valence-electron chi connectivity index (χ4n) is 6.02. The molecule has 2 aromatic heterocycles. The monoisotopic (exact) mass is 666 g/mol. The van der Waals surface area contributed by atoms with E-state index in [9.17, 15) is 39.5 Å². The van der Waals surface area contributed by atoms with Crippen molar-refractivity contribution in [3.05, 3.63) is 64.0 Å². The minimum atomic E-state index is -5.10. The quantitative estimate of drug-likeness (QED) is 0.226. The predicted molar refractivity (Wildman–Crippen MR) is 150 cm³/mol. The van der Waals surface area contributed by atoms with Crippen molar-refractivity contribution in [1.82, 2.24) is 25.2 Å². The molecule has 2 heterocycles. The van der Waals surface area contributed by atoms with E-state index in [0.717, 1.165) is 47.9 Å². The predicted octanol–water partition coefficient (Wildman–Crippen LogP) is 6.46. The summed E-state index contributed by atoms with van der Waals surface area (Å²) in [4.78, 5) is 6.34. The Bertz CT molecular complexity index is 1410. The van der Waals surface area contributed by atoms with Crippen molar-refractivity contribution in [2.24, 2.45) is 30.4 Å². The lowest BCUT2D eigenvalue weighted by Gasteiger charge is -2.31. The van der Waals surface area contributed by atoms with Gasteiger partial charge in [-0.2, -0.15) is 44.3 Å². The molecule has 0 aliphatic heterocycles. The average molecular weight is 667 g/mol. The third-order valence-electron chi connectivity index (χ3n) is 8.32. The number of tetrazole rings is 1. The van der Waals surface area contributed by atoms with Crippen LogP contribution in [0.2, 0.25) is 0 Å². The van der Waals surface area contributed by atoms with Gasteiger partial charge in [0, 0.05) is 37.4 Å². The summed E-state index contributed by atoms with van der Waals surface area (Å²) in [6, 6.07) is 1.97. The molecule has 1 atom stereocenters. The van der Waals surface area contributed by atoms with Crippen LogP contribution in [-0.4, -0.2) is 38.3 Å². The molecule has 0 radical (unpaired) electrons. The van der Waals surface area contributed by atoms with E-state index in [0.29, 0.717) is 37.2 Å². The van der Waals surface area contributed by atoms with E-state index in [-0.39, 0.29) is 35.7 Å². The molecule has 0 amide bonds. The Morgan fingerprint density at radius 1 is 0.826 bits per heavy atom. The van der Waals surface area contributed by atoms with Gasteiger partial charge in [-0.3, -0.25) is 4.98 Å². The molecule has 17 heteroatoms. The summed E-state index contributed by atoms with van der Waals surface area (Å²) in [6.45, 7) is -0.406.